The SMILES string of the molecule is CCCOC1(C=O)CCC(CC)CC1. The zero-order chi connectivity index (χ0) is 10.4. The summed E-state index contributed by atoms with van der Waals surface area (Å²) < 4.78 is 5.69. The third-order valence-electron chi connectivity index (χ3n) is 3.34. The Morgan fingerprint density at radius 3 is 2.43 bits per heavy atom. The Kier molecular flexibility index (Phi) is 4.59. The van der Waals surface area contributed by atoms with Crippen LogP contribution < -0.4 is 0 Å². The molecule has 0 saturated heterocycles. The Hall–Kier alpha value is -0.370. The lowest BCUT2D eigenvalue weighted by molar-refractivity contribution is -0.137. The van der Waals surface area contributed by atoms with Gasteiger partial charge in [-0.1, -0.05) is 20.3 Å². The second-order valence-electron chi connectivity index (χ2n) is 4.38. The first-order valence-electron chi connectivity index (χ1n) is 5.86. The van der Waals surface area contributed by atoms with Gasteiger partial charge in [0.05, 0.1) is 0 Å². The minimum atomic E-state index is -0.429. The van der Waals surface area contributed by atoms with Crippen LogP contribution >= 0.6 is 0 Å². The standard InChI is InChI=1S/C12H22O2/c1-3-9-14-12(10-13)7-5-11(4-2)6-8-12/h10-11H,3-9H2,1-2H3. The molecule has 0 atom stereocenters. The molecule has 82 valence electrons. The Morgan fingerprint density at radius 2 is 2.00 bits per heavy atom. The van der Waals surface area contributed by atoms with Crippen molar-refractivity contribution in [2.24, 2.45) is 5.92 Å². The number of ether oxygens (including phenoxy) is 1. The van der Waals surface area contributed by atoms with E-state index in [4.69, 9.17) is 4.74 Å². The monoisotopic (exact) mass is 198 g/mol. The smallest absolute Gasteiger partial charge is 0.151 e. The molecule has 0 heterocycles. The van der Waals surface area contributed by atoms with Crippen molar-refractivity contribution in [2.45, 2.75) is 58.0 Å². The number of hydrogen-bond donors (Lipinski definition) is 0. The summed E-state index contributed by atoms with van der Waals surface area (Å²) in [6.07, 6.45) is 7.42. The van der Waals surface area contributed by atoms with Crippen LogP contribution in [-0.4, -0.2) is 18.5 Å². The van der Waals surface area contributed by atoms with Crippen LogP contribution in [0.15, 0.2) is 0 Å². The molecular formula is C12H22O2. The molecule has 0 amide bonds. The van der Waals surface area contributed by atoms with Gasteiger partial charge in [0.1, 0.15) is 5.60 Å². The summed E-state index contributed by atoms with van der Waals surface area (Å²) >= 11 is 0. The maximum Gasteiger partial charge on any atom is 0.151 e. The van der Waals surface area contributed by atoms with Crippen LogP contribution in [0.2, 0.25) is 0 Å². The van der Waals surface area contributed by atoms with E-state index in [1.165, 1.54) is 6.42 Å². The molecule has 1 saturated carbocycles. The number of aldehydes is 1. The first-order valence-corrected chi connectivity index (χ1v) is 5.86. The van der Waals surface area contributed by atoms with E-state index in [2.05, 4.69) is 13.8 Å². The first kappa shape index (κ1) is 11.7. The zero-order valence-electron chi connectivity index (χ0n) is 9.42. The van der Waals surface area contributed by atoms with Crippen LogP contribution in [-0.2, 0) is 9.53 Å². The van der Waals surface area contributed by atoms with E-state index in [1.807, 2.05) is 0 Å². The van der Waals surface area contributed by atoms with Gasteiger partial charge in [-0.25, -0.2) is 0 Å². The lowest BCUT2D eigenvalue weighted by Crippen LogP contribution is -2.39. The van der Waals surface area contributed by atoms with Gasteiger partial charge in [-0.05, 0) is 38.0 Å². The molecule has 0 aromatic carbocycles. The molecule has 1 aliphatic rings. The molecule has 0 aromatic rings. The van der Waals surface area contributed by atoms with Crippen LogP contribution in [0.4, 0.5) is 0 Å². The number of carbonyl (C=O) groups is 1. The minimum absolute atomic E-state index is 0.429. The van der Waals surface area contributed by atoms with E-state index >= 15 is 0 Å². The van der Waals surface area contributed by atoms with E-state index in [-0.39, 0.29) is 0 Å². The Bertz CT molecular complexity index is 169. The summed E-state index contributed by atoms with van der Waals surface area (Å²) in [5, 5.41) is 0. The average Bonchev–Trinajstić information content (AvgIpc) is 2.27. The highest BCUT2D eigenvalue weighted by Crippen LogP contribution is 2.34. The highest BCUT2D eigenvalue weighted by atomic mass is 16.5. The van der Waals surface area contributed by atoms with E-state index < -0.39 is 5.60 Å². The molecular weight excluding hydrogens is 176 g/mol. The minimum Gasteiger partial charge on any atom is -0.368 e. The fraction of sp³-hybridized carbons (Fsp3) is 0.917. The molecule has 1 fully saturated rings. The van der Waals surface area contributed by atoms with Crippen LogP contribution in [0.5, 0.6) is 0 Å². The Morgan fingerprint density at radius 1 is 1.36 bits per heavy atom. The molecule has 0 N–H and O–H groups in total. The zero-order valence-corrected chi connectivity index (χ0v) is 9.42. The van der Waals surface area contributed by atoms with Crippen LogP contribution in [0.1, 0.15) is 52.4 Å². The van der Waals surface area contributed by atoms with Gasteiger partial charge >= 0.3 is 0 Å². The van der Waals surface area contributed by atoms with Crippen molar-refractivity contribution < 1.29 is 9.53 Å². The highest BCUT2D eigenvalue weighted by molar-refractivity contribution is 5.62. The van der Waals surface area contributed by atoms with E-state index in [0.29, 0.717) is 0 Å². The van der Waals surface area contributed by atoms with E-state index in [9.17, 15) is 4.79 Å². The largest absolute Gasteiger partial charge is 0.368 e. The van der Waals surface area contributed by atoms with Crippen LogP contribution in [0.25, 0.3) is 0 Å². The normalized spacial score (nSPS) is 32.9. The van der Waals surface area contributed by atoms with E-state index in [0.717, 1.165) is 50.9 Å². The van der Waals surface area contributed by atoms with Gasteiger partial charge in [-0.2, -0.15) is 0 Å². The van der Waals surface area contributed by atoms with Crippen LogP contribution in [0, 0.1) is 5.92 Å². The summed E-state index contributed by atoms with van der Waals surface area (Å²) in [7, 11) is 0. The molecule has 2 heteroatoms. The molecule has 1 aliphatic carbocycles. The van der Waals surface area contributed by atoms with E-state index in [1.54, 1.807) is 0 Å². The summed E-state index contributed by atoms with van der Waals surface area (Å²) in [4.78, 5) is 11.1. The third kappa shape index (κ3) is 2.81. The molecule has 0 aromatic heterocycles. The second-order valence-corrected chi connectivity index (χ2v) is 4.38. The molecule has 14 heavy (non-hydrogen) atoms. The Labute approximate surface area is 87.0 Å². The number of hydrogen-bond acceptors (Lipinski definition) is 2. The fourth-order valence-corrected chi connectivity index (χ4v) is 2.18. The fourth-order valence-electron chi connectivity index (χ4n) is 2.18. The van der Waals surface area contributed by atoms with Gasteiger partial charge in [-0.15, -0.1) is 0 Å². The average molecular weight is 198 g/mol. The van der Waals surface area contributed by atoms with Crippen molar-refractivity contribution in [1.29, 1.82) is 0 Å². The maximum absolute atomic E-state index is 11.1. The summed E-state index contributed by atoms with van der Waals surface area (Å²) in [5.41, 5.74) is -0.429. The molecule has 0 spiro atoms. The van der Waals surface area contributed by atoms with Gasteiger partial charge in [0.25, 0.3) is 0 Å². The van der Waals surface area contributed by atoms with Gasteiger partial charge in [0.15, 0.2) is 6.29 Å². The van der Waals surface area contributed by atoms with Gasteiger partial charge in [0, 0.05) is 6.61 Å². The maximum atomic E-state index is 11.1. The summed E-state index contributed by atoms with van der Waals surface area (Å²) in [6, 6.07) is 0. The quantitative estimate of drug-likeness (QED) is 0.635. The first-order chi connectivity index (χ1) is 6.76. The van der Waals surface area contributed by atoms with Crippen LogP contribution in [0.3, 0.4) is 0 Å². The molecule has 1 rings (SSSR count). The van der Waals surface area contributed by atoms with Crippen molar-refractivity contribution in [3.8, 4) is 0 Å². The summed E-state index contributed by atoms with van der Waals surface area (Å²) in [5.74, 6) is 0.813. The summed E-state index contributed by atoms with van der Waals surface area (Å²) in [6.45, 7) is 5.02. The molecule has 0 aliphatic heterocycles. The number of rotatable bonds is 5. The molecule has 0 unspecified atom stereocenters. The van der Waals surface area contributed by atoms with Crippen molar-refractivity contribution in [2.75, 3.05) is 6.61 Å². The van der Waals surface area contributed by atoms with Crippen molar-refractivity contribution in [1.82, 2.24) is 0 Å². The van der Waals surface area contributed by atoms with Crippen molar-refractivity contribution >= 4 is 6.29 Å². The predicted octanol–water partition coefficient (Wildman–Crippen LogP) is 2.95. The lowest BCUT2D eigenvalue weighted by atomic mass is 9.78. The third-order valence-corrected chi connectivity index (χ3v) is 3.34. The number of carbonyl (C=O) groups excluding carboxylic acids is 1. The topological polar surface area (TPSA) is 26.3 Å². The molecule has 0 radical (unpaired) electrons. The highest BCUT2D eigenvalue weighted by Gasteiger charge is 2.35. The van der Waals surface area contributed by atoms with Crippen molar-refractivity contribution in [3.05, 3.63) is 0 Å². The second kappa shape index (κ2) is 5.50. The predicted molar refractivity (Wildman–Crippen MR) is 57.3 cm³/mol. The van der Waals surface area contributed by atoms with Gasteiger partial charge < -0.3 is 9.53 Å². The van der Waals surface area contributed by atoms with Crippen molar-refractivity contribution in [3.63, 3.8) is 0 Å². The molecule has 0 bridgehead atoms. The Balaban J connectivity index is 2.43. The molecule has 2 nitrogen and oxygen atoms in total. The lowest BCUT2D eigenvalue weighted by Gasteiger charge is -2.35. The van der Waals surface area contributed by atoms with Gasteiger partial charge in [-0.3, -0.25) is 0 Å². The van der Waals surface area contributed by atoms with Gasteiger partial charge in [0.2, 0.25) is 0 Å².